The van der Waals surface area contributed by atoms with E-state index >= 15 is 0 Å². The second-order valence-corrected chi connectivity index (χ2v) is 6.64. The van der Waals surface area contributed by atoms with Gasteiger partial charge in [0, 0.05) is 12.0 Å². The van der Waals surface area contributed by atoms with Gasteiger partial charge >= 0.3 is 12.1 Å². The molecule has 0 spiro atoms. The Morgan fingerprint density at radius 2 is 1.94 bits per heavy atom. The molecule has 5 heteroatoms. The van der Waals surface area contributed by atoms with Crippen LogP contribution in [0.1, 0.15) is 33.6 Å². The van der Waals surface area contributed by atoms with E-state index < -0.39 is 23.7 Å². The highest BCUT2D eigenvalue weighted by Crippen LogP contribution is 2.91. The first kappa shape index (κ1) is 10.9. The molecule has 0 aromatic heterocycles. The van der Waals surface area contributed by atoms with Gasteiger partial charge in [0.1, 0.15) is 11.6 Å². The summed E-state index contributed by atoms with van der Waals surface area (Å²) in [6.45, 7) is 5.91. The van der Waals surface area contributed by atoms with E-state index in [2.05, 4.69) is 0 Å². The highest BCUT2D eigenvalue weighted by molar-refractivity contribution is 5.85. The first-order valence-electron chi connectivity index (χ1n) is 5.93. The fraction of sp³-hybridized carbons (Fsp3) is 0.833. The third-order valence-electron chi connectivity index (χ3n) is 4.28. The summed E-state index contributed by atoms with van der Waals surface area (Å²) in [6.07, 6.45) is 1.45. The highest BCUT2D eigenvalue weighted by atomic mass is 16.6. The zero-order chi connectivity index (χ0) is 12.6. The summed E-state index contributed by atoms with van der Waals surface area (Å²) >= 11 is 0. The molecular formula is C12H17NO4. The number of amides is 1. The Balaban J connectivity index is 1.77. The van der Waals surface area contributed by atoms with Crippen LogP contribution in [0.25, 0.3) is 0 Å². The van der Waals surface area contributed by atoms with Crippen molar-refractivity contribution in [3.63, 3.8) is 0 Å². The predicted octanol–water partition coefficient (Wildman–Crippen LogP) is 1.47. The number of hydrogen-bond acceptors (Lipinski definition) is 3. The van der Waals surface area contributed by atoms with Gasteiger partial charge in [0.05, 0.1) is 0 Å². The van der Waals surface area contributed by atoms with Crippen LogP contribution in [0.3, 0.4) is 0 Å². The maximum Gasteiger partial charge on any atom is 0.411 e. The molecule has 17 heavy (non-hydrogen) atoms. The number of carbonyl (C=O) groups is 2. The number of nitrogens with zero attached hydrogens (tertiary/aromatic N) is 1. The van der Waals surface area contributed by atoms with E-state index in [4.69, 9.17) is 4.74 Å². The topological polar surface area (TPSA) is 66.8 Å². The van der Waals surface area contributed by atoms with Gasteiger partial charge in [0.2, 0.25) is 0 Å². The molecule has 0 aromatic carbocycles. The molecular weight excluding hydrogens is 222 g/mol. The summed E-state index contributed by atoms with van der Waals surface area (Å²) in [5.41, 5.74) is -0.546. The average Bonchev–Trinajstić information content (AvgIpc) is 2.83. The molecule has 3 aliphatic rings. The number of ether oxygens (including phenoxy) is 1. The smallest absolute Gasteiger partial charge is 0.411 e. The van der Waals surface area contributed by atoms with Crippen molar-refractivity contribution in [2.24, 2.45) is 10.8 Å². The van der Waals surface area contributed by atoms with Crippen LogP contribution in [-0.2, 0) is 9.53 Å². The Labute approximate surface area is 99.7 Å². The summed E-state index contributed by atoms with van der Waals surface area (Å²) < 4.78 is 5.26. The molecule has 0 aromatic rings. The maximum absolute atomic E-state index is 11.9. The first-order chi connectivity index (χ1) is 7.71. The van der Waals surface area contributed by atoms with E-state index in [1.807, 2.05) is 0 Å². The summed E-state index contributed by atoms with van der Waals surface area (Å²) in [5, 5.41) is 9.27. The van der Waals surface area contributed by atoms with Crippen molar-refractivity contribution in [3.05, 3.63) is 0 Å². The van der Waals surface area contributed by atoms with Gasteiger partial charge in [-0.25, -0.2) is 9.59 Å². The van der Waals surface area contributed by atoms with Gasteiger partial charge in [0.25, 0.3) is 0 Å². The van der Waals surface area contributed by atoms with Crippen LogP contribution < -0.4 is 0 Å². The first-order valence-corrected chi connectivity index (χ1v) is 5.93. The Morgan fingerprint density at radius 3 is 2.41 bits per heavy atom. The molecule has 1 heterocycles. The number of carboxylic acid groups (broad SMARTS) is 1. The number of aliphatic carboxylic acids is 1. The van der Waals surface area contributed by atoms with Gasteiger partial charge in [-0.05, 0) is 39.0 Å². The van der Waals surface area contributed by atoms with Crippen LogP contribution in [0.2, 0.25) is 0 Å². The van der Waals surface area contributed by atoms with Gasteiger partial charge in [-0.3, -0.25) is 4.90 Å². The molecule has 1 amide bonds. The van der Waals surface area contributed by atoms with Gasteiger partial charge in [-0.15, -0.1) is 0 Å². The lowest BCUT2D eigenvalue weighted by atomic mass is 10.0. The summed E-state index contributed by atoms with van der Waals surface area (Å²) in [5.74, 6) is -0.896. The zero-order valence-corrected chi connectivity index (χ0v) is 10.3. The fourth-order valence-electron chi connectivity index (χ4n) is 3.40. The minimum absolute atomic E-state index is 0.101. The van der Waals surface area contributed by atoms with Crippen LogP contribution in [0.4, 0.5) is 4.79 Å². The van der Waals surface area contributed by atoms with E-state index in [-0.39, 0.29) is 10.8 Å². The van der Waals surface area contributed by atoms with Gasteiger partial charge in [0.15, 0.2) is 0 Å². The lowest BCUT2D eigenvalue weighted by Gasteiger charge is -2.32. The van der Waals surface area contributed by atoms with E-state index in [1.165, 1.54) is 4.90 Å². The number of carboxylic acids is 1. The normalized spacial score (nSPS) is 41.6. The monoisotopic (exact) mass is 239 g/mol. The van der Waals surface area contributed by atoms with Gasteiger partial charge in [-0.2, -0.15) is 0 Å². The lowest BCUT2D eigenvalue weighted by Crippen LogP contribution is -2.49. The highest BCUT2D eigenvalue weighted by Gasteiger charge is 2.92. The number of carbonyl (C=O) groups excluding carboxylic acids is 1. The largest absolute Gasteiger partial charge is 0.480 e. The van der Waals surface area contributed by atoms with E-state index in [1.54, 1.807) is 20.8 Å². The number of likely N-dealkylation sites (tertiary alicyclic amines) is 1. The van der Waals surface area contributed by atoms with Gasteiger partial charge < -0.3 is 9.84 Å². The molecule has 2 saturated carbocycles. The molecule has 94 valence electrons. The van der Waals surface area contributed by atoms with Crippen LogP contribution >= 0.6 is 0 Å². The second kappa shape index (κ2) is 2.60. The Hall–Kier alpha value is -1.26. The van der Waals surface area contributed by atoms with Crippen LogP contribution in [0.5, 0.6) is 0 Å². The Kier molecular flexibility index (Phi) is 1.66. The molecule has 2 aliphatic carbocycles. The third kappa shape index (κ3) is 1.25. The maximum atomic E-state index is 11.9. The standard InChI is InChI=1S/C12H17NO4/c1-10(2,3)17-9(16)13-6-11-4-12(11,5-11)7(13)8(14)15/h7H,4-6H2,1-3H3,(H,14,15)/t7-,11?,12?/m0/s1. The van der Waals surface area contributed by atoms with Crippen molar-refractivity contribution in [1.82, 2.24) is 4.90 Å². The molecule has 1 saturated heterocycles. The van der Waals surface area contributed by atoms with Crippen molar-refractivity contribution >= 4 is 12.1 Å². The molecule has 5 nitrogen and oxygen atoms in total. The van der Waals surface area contributed by atoms with E-state index in [9.17, 15) is 14.7 Å². The molecule has 3 rings (SSSR count). The van der Waals surface area contributed by atoms with Gasteiger partial charge in [-0.1, -0.05) is 0 Å². The van der Waals surface area contributed by atoms with Crippen molar-refractivity contribution < 1.29 is 19.4 Å². The van der Waals surface area contributed by atoms with Crippen LogP contribution in [0, 0.1) is 10.8 Å². The summed E-state index contributed by atoms with van der Waals surface area (Å²) in [7, 11) is 0. The molecule has 0 radical (unpaired) electrons. The Morgan fingerprint density at radius 1 is 1.35 bits per heavy atom. The van der Waals surface area contributed by atoms with Crippen molar-refractivity contribution in [1.29, 1.82) is 0 Å². The molecule has 0 unspecified atom stereocenters. The second-order valence-electron chi connectivity index (χ2n) is 6.64. The molecule has 3 fully saturated rings. The number of rotatable bonds is 1. The SMILES string of the molecule is CC(C)(C)OC(=O)N1CC23CC2(C3)[C@@H]1C(=O)O. The summed E-state index contributed by atoms with van der Waals surface area (Å²) in [6, 6.07) is -0.669. The molecule has 0 bridgehead atoms. The van der Waals surface area contributed by atoms with Crippen LogP contribution in [0.15, 0.2) is 0 Å². The molecule has 1 N–H and O–H groups in total. The lowest BCUT2D eigenvalue weighted by molar-refractivity contribution is -0.144. The quantitative estimate of drug-likeness (QED) is 0.752. The summed E-state index contributed by atoms with van der Waals surface area (Å²) in [4.78, 5) is 24.6. The number of hydrogen-bond donors (Lipinski definition) is 1. The Bertz CT molecular complexity index is 417. The number of piperidine rings is 2. The van der Waals surface area contributed by atoms with Crippen molar-refractivity contribution in [2.45, 2.75) is 45.3 Å². The van der Waals surface area contributed by atoms with E-state index in [0.29, 0.717) is 6.54 Å². The van der Waals surface area contributed by atoms with Crippen LogP contribution in [-0.4, -0.2) is 40.3 Å². The zero-order valence-electron chi connectivity index (χ0n) is 10.3. The third-order valence-corrected chi connectivity index (χ3v) is 4.28. The van der Waals surface area contributed by atoms with E-state index in [0.717, 1.165) is 12.8 Å². The average molecular weight is 239 g/mol. The molecule has 1 atom stereocenters. The minimum Gasteiger partial charge on any atom is -0.480 e. The minimum atomic E-state index is -0.896. The predicted molar refractivity (Wildman–Crippen MR) is 58.5 cm³/mol. The van der Waals surface area contributed by atoms with Crippen molar-refractivity contribution in [3.8, 4) is 0 Å². The molecule has 1 aliphatic heterocycles. The fourth-order valence-corrected chi connectivity index (χ4v) is 3.40. The van der Waals surface area contributed by atoms with Crippen molar-refractivity contribution in [2.75, 3.05) is 6.54 Å².